The molecule has 1 aromatic rings. The number of sulfonamides is 1. The molecule has 0 aliphatic heterocycles. The van der Waals surface area contributed by atoms with E-state index in [0.29, 0.717) is 17.9 Å². The smallest absolute Gasteiger partial charge is 0.250 e. The molecule has 1 aromatic heterocycles. The maximum atomic E-state index is 12.3. The summed E-state index contributed by atoms with van der Waals surface area (Å²) >= 11 is 1.10. The summed E-state index contributed by atoms with van der Waals surface area (Å²) in [5, 5.41) is 9.01. The van der Waals surface area contributed by atoms with Gasteiger partial charge in [0.2, 0.25) is 10.0 Å². The molecular weight excluding hydrogens is 298 g/mol. The van der Waals surface area contributed by atoms with Crippen molar-refractivity contribution < 1.29 is 18.3 Å². The molecule has 0 amide bonds. The van der Waals surface area contributed by atoms with Crippen molar-refractivity contribution in [3.05, 3.63) is 17.0 Å². The Balaban J connectivity index is 2.07. The number of ether oxygens (including phenoxy) is 1. The first-order chi connectivity index (χ1) is 9.31. The summed E-state index contributed by atoms with van der Waals surface area (Å²) in [5.74, 6) is 0. The third-order valence-corrected chi connectivity index (χ3v) is 6.93. The van der Waals surface area contributed by atoms with Gasteiger partial charge in [-0.15, -0.1) is 11.3 Å². The Kier molecular flexibility index (Phi) is 4.56. The van der Waals surface area contributed by atoms with Gasteiger partial charge in [0.15, 0.2) is 0 Å². The molecule has 0 radical (unpaired) electrons. The average Bonchev–Trinajstić information content (AvgIpc) is 2.87. The predicted molar refractivity (Wildman–Crippen MR) is 78.2 cm³/mol. The second-order valence-corrected chi connectivity index (χ2v) is 8.66. The van der Waals surface area contributed by atoms with E-state index in [1.165, 1.54) is 6.07 Å². The van der Waals surface area contributed by atoms with Crippen LogP contribution in [-0.2, 0) is 21.4 Å². The van der Waals surface area contributed by atoms with E-state index in [0.717, 1.165) is 11.3 Å². The molecular formula is C13H21NO4S2. The van der Waals surface area contributed by atoms with Crippen molar-refractivity contribution in [1.82, 2.24) is 4.72 Å². The molecule has 2 unspecified atom stereocenters. The van der Waals surface area contributed by atoms with Crippen molar-refractivity contribution in [2.45, 2.75) is 50.2 Å². The van der Waals surface area contributed by atoms with Crippen molar-refractivity contribution in [2.24, 2.45) is 5.41 Å². The van der Waals surface area contributed by atoms with Crippen LogP contribution >= 0.6 is 11.3 Å². The SMILES string of the molecule is CCOC1CC(NS(=O)(=O)c2ccc(CO)s2)C1(C)C. The summed E-state index contributed by atoms with van der Waals surface area (Å²) in [7, 11) is -3.52. The summed E-state index contributed by atoms with van der Waals surface area (Å²) in [6.07, 6.45) is 0.787. The molecule has 114 valence electrons. The van der Waals surface area contributed by atoms with Crippen LogP contribution < -0.4 is 4.72 Å². The van der Waals surface area contributed by atoms with Gasteiger partial charge in [0.25, 0.3) is 0 Å². The van der Waals surface area contributed by atoms with E-state index in [-0.39, 0.29) is 28.4 Å². The highest BCUT2D eigenvalue weighted by Crippen LogP contribution is 2.43. The summed E-state index contributed by atoms with van der Waals surface area (Å²) in [4.78, 5) is 0.644. The molecule has 0 bridgehead atoms. The van der Waals surface area contributed by atoms with Gasteiger partial charge in [-0.3, -0.25) is 0 Å². The minimum Gasteiger partial charge on any atom is -0.391 e. The Bertz CT molecular complexity index is 565. The molecule has 1 aliphatic carbocycles. The first-order valence-electron chi connectivity index (χ1n) is 6.64. The first-order valence-corrected chi connectivity index (χ1v) is 8.94. The van der Waals surface area contributed by atoms with Gasteiger partial charge >= 0.3 is 0 Å². The van der Waals surface area contributed by atoms with Gasteiger partial charge in [0.1, 0.15) is 4.21 Å². The highest BCUT2D eigenvalue weighted by molar-refractivity contribution is 7.91. The highest BCUT2D eigenvalue weighted by Gasteiger charge is 2.50. The lowest BCUT2D eigenvalue weighted by Gasteiger charge is -2.51. The molecule has 1 aliphatic rings. The van der Waals surface area contributed by atoms with Crippen molar-refractivity contribution in [1.29, 1.82) is 0 Å². The molecule has 5 nitrogen and oxygen atoms in total. The van der Waals surface area contributed by atoms with Gasteiger partial charge in [0, 0.05) is 22.9 Å². The largest absolute Gasteiger partial charge is 0.391 e. The van der Waals surface area contributed by atoms with Gasteiger partial charge in [-0.1, -0.05) is 13.8 Å². The second-order valence-electron chi connectivity index (χ2n) is 5.55. The van der Waals surface area contributed by atoms with Crippen LogP contribution in [0, 0.1) is 5.41 Å². The van der Waals surface area contributed by atoms with Gasteiger partial charge in [-0.2, -0.15) is 0 Å². The summed E-state index contributed by atoms with van der Waals surface area (Å²) in [6, 6.07) is 3.04. The number of thiophene rings is 1. The zero-order chi connectivity index (χ0) is 15.0. The van der Waals surface area contributed by atoms with Crippen LogP contribution in [0.25, 0.3) is 0 Å². The van der Waals surface area contributed by atoms with Gasteiger partial charge in [0.05, 0.1) is 12.7 Å². The number of aliphatic hydroxyl groups excluding tert-OH is 1. The summed E-state index contributed by atoms with van der Waals surface area (Å²) in [5.41, 5.74) is -0.208. The number of hydrogen-bond acceptors (Lipinski definition) is 5. The van der Waals surface area contributed by atoms with Crippen molar-refractivity contribution in [2.75, 3.05) is 6.61 Å². The molecule has 1 saturated carbocycles. The van der Waals surface area contributed by atoms with Gasteiger partial charge < -0.3 is 9.84 Å². The number of hydrogen-bond donors (Lipinski definition) is 2. The molecule has 2 rings (SSSR count). The van der Waals surface area contributed by atoms with E-state index in [4.69, 9.17) is 9.84 Å². The quantitative estimate of drug-likeness (QED) is 0.837. The highest BCUT2D eigenvalue weighted by atomic mass is 32.2. The van der Waals surface area contributed by atoms with Crippen LogP contribution in [0.4, 0.5) is 0 Å². The van der Waals surface area contributed by atoms with E-state index in [1.54, 1.807) is 6.07 Å². The topological polar surface area (TPSA) is 75.6 Å². The van der Waals surface area contributed by atoms with Crippen LogP contribution in [0.5, 0.6) is 0 Å². The second kappa shape index (κ2) is 5.73. The molecule has 1 fully saturated rings. The Morgan fingerprint density at radius 3 is 2.70 bits per heavy atom. The lowest BCUT2D eigenvalue weighted by Crippen LogP contribution is -2.61. The van der Waals surface area contributed by atoms with Crippen LogP contribution in [0.1, 0.15) is 32.1 Å². The van der Waals surface area contributed by atoms with Crippen LogP contribution in [0.3, 0.4) is 0 Å². The molecule has 0 aromatic carbocycles. The zero-order valence-corrected chi connectivity index (χ0v) is 13.6. The van der Waals surface area contributed by atoms with Crippen molar-refractivity contribution in [3.8, 4) is 0 Å². The normalized spacial score (nSPS) is 25.4. The molecule has 2 N–H and O–H groups in total. The molecule has 7 heteroatoms. The van der Waals surface area contributed by atoms with Gasteiger partial charge in [-0.05, 0) is 25.5 Å². The molecule has 1 heterocycles. The zero-order valence-electron chi connectivity index (χ0n) is 11.9. The number of nitrogens with one attached hydrogen (secondary N) is 1. The summed E-state index contributed by atoms with van der Waals surface area (Å²) in [6.45, 7) is 6.46. The lowest BCUT2D eigenvalue weighted by molar-refractivity contribution is -0.108. The molecule has 2 atom stereocenters. The van der Waals surface area contributed by atoms with Crippen LogP contribution in [0.15, 0.2) is 16.3 Å². The third-order valence-electron chi connectivity index (χ3n) is 3.90. The maximum absolute atomic E-state index is 12.3. The summed E-state index contributed by atoms with van der Waals surface area (Å²) < 4.78 is 33.2. The number of rotatable bonds is 6. The molecule has 20 heavy (non-hydrogen) atoms. The fourth-order valence-corrected chi connectivity index (χ4v) is 5.04. The Morgan fingerprint density at radius 2 is 2.20 bits per heavy atom. The van der Waals surface area contributed by atoms with E-state index < -0.39 is 10.0 Å². The standard InChI is InChI=1S/C13H21NO4S2/c1-4-18-11-7-10(13(11,2)3)14-20(16,17)12-6-5-9(8-15)19-12/h5-6,10-11,14-15H,4,7-8H2,1-3H3. The van der Waals surface area contributed by atoms with Crippen molar-refractivity contribution >= 4 is 21.4 Å². The Hall–Kier alpha value is -0.470. The van der Waals surface area contributed by atoms with E-state index in [9.17, 15) is 8.42 Å². The third kappa shape index (κ3) is 2.92. The lowest BCUT2D eigenvalue weighted by atomic mass is 9.65. The van der Waals surface area contributed by atoms with E-state index in [1.807, 2.05) is 20.8 Å². The Morgan fingerprint density at radius 1 is 1.50 bits per heavy atom. The fourth-order valence-electron chi connectivity index (χ4n) is 2.40. The maximum Gasteiger partial charge on any atom is 0.250 e. The van der Waals surface area contributed by atoms with Crippen LogP contribution in [0.2, 0.25) is 0 Å². The fraction of sp³-hybridized carbons (Fsp3) is 0.692. The first kappa shape index (κ1) is 15.9. The average molecular weight is 319 g/mol. The van der Waals surface area contributed by atoms with Crippen molar-refractivity contribution in [3.63, 3.8) is 0 Å². The minimum absolute atomic E-state index is 0.0940. The van der Waals surface area contributed by atoms with E-state index >= 15 is 0 Å². The van der Waals surface area contributed by atoms with E-state index in [2.05, 4.69) is 4.72 Å². The minimum atomic E-state index is -3.52. The van der Waals surface area contributed by atoms with Crippen LogP contribution in [-0.4, -0.2) is 32.3 Å². The monoisotopic (exact) mass is 319 g/mol. The molecule has 0 spiro atoms. The number of aliphatic hydroxyl groups is 1. The molecule has 0 saturated heterocycles. The van der Waals surface area contributed by atoms with Gasteiger partial charge in [-0.25, -0.2) is 13.1 Å². The predicted octanol–water partition coefficient (Wildman–Crippen LogP) is 1.72. The Labute approximate surface area is 124 Å².